The van der Waals surface area contributed by atoms with Crippen LogP contribution >= 0.6 is 11.3 Å². The van der Waals surface area contributed by atoms with E-state index in [0.717, 1.165) is 6.42 Å². The Labute approximate surface area is 123 Å². The SMILES string of the molecule is CC(Cc1cccs1)N(C)C(=O)c1ccccc1NN. The third-order valence-electron chi connectivity index (χ3n) is 3.37. The Bertz CT molecular complexity index is 568. The molecule has 1 unspecified atom stereocenters. The molecule has 1 atom stereocenters. The van der Waals surface area contributed by atoms with Crippen LogP contribution in [-0.2, 0) is 6.42 Å². The van der Waals surface area contributed by atoms with E-state index < -0.39 is 0 Å². The molecule has 2 aromatic rings. The Morgan fingerprint density at radius 2 is 2.10 bits per heavy atom. The van der Waals surface area contributed by atoms with Gasteiger partial charge in [-0.05, 0) is 30.5 Å². The van der Waals surface area contributed by atoms with E-state index in [2.05, 4.69) is 23.8 Å². The quantitative estimate of drug-likeness (QED) is 0.657. The van der Waals surface area contributed by atoms with E-state index >= 15 is 0 Å². The standard InChI is InChI=1S/C15H19N3OS/c1-11(10-12-6-5-9-20-12)18(2)15(19)13-7-3-4-8-14(13)17-16/h3-9,11,17H,10,16H2,1-2H3. The molecule has 2 rings (SSSR count). The number of likely N-dealkylation sites (N-methyl/N-ethyl adjacent to an activating group) is 1. The largest absolute Gasteiger partial charge is 0.339 e. The smallest absolute Gasteiger partial charge is 0.255 e. The molecule has 106 valence electrons. The van der Waals surface area contributed by atoms with E-state index in [1.165, 1.54) is 4.88 Å². The lowest BCUT2D eigenvalue weighted by atomic mass is 10.1. The van der Waals surface area contributed by atoms with E-state index in [4.69, 9.17) is 5.84 Å². The summed E-state index contributed by atoms with van der Waals surface area (Å²) in [5.41, 5.74) is 3.81. The van der Waals surface area contributed by atoms with E-state index in [1.54, 1.807) is 28.4 Å². The molecule has 1 aromatic carbocycles. The lowest BCUT2D eigenvalue weighted by molar-refractivity contribution is 0.0745. The van der Waals surface area contributed by atoms with Crippen LogP contribution in [0.1, 0.15) is 22.2 Å². The fourth-order valence-electron chi connectivity index (χ4n) is 2.04. The highest BCUT2D eigenvalue weighted by Crippen LogP contribution is 2.19. The second-order valence-corrected chi connectivity index (χ2v) is 5.77. The zero-order chi connectivity index (χ0) is 14.5. The molecule has 0 aliphatic heterocycles. The molecule has 0 aliphatic rings. The molecule has 4 nitrogen and oxygen atoms in total. The summed E-state index contributed by atoms with van der Waals surface area (Å²) in [6.07, 6.45) is 0.859. The number of hydrogen-bond acceptors (Lipinski definition) is 4. The van der Waals surface area contributed by atoms with Gasteiger partial charge in [-0.2, -0.15) is 0 Å². The van der Waals surface area contributed by atoms with Gasteiger partial charge in [-0.25, -0.2) is 0 Å². The van der Waals surface area contributed by atoms with Crippen molar-refractivity contribution < 1.29 is 4.79 Å². The number of nitrogens with zero attached hydrogens (tertiary/aromatic N) is 1. The van der Waals surface area contributed by atoms with Crippen molar-refractivity contribution in [1.82, 2.24) is 4.90 Å². The number of nitrogens with one attached hydrogen (secondary N) is 1. The molecule has 1 amide bonds. The first-order chi connectivity index (χ1) is 9.63. The monoisotopic (exact) mass is 289 g/mol. The number of nitrogens with two attached hydrogens (primary N) is 1. The van der Waals surface area contributed by atoms with Crippen molar-refractivity contribution in [3.63, 3.8) is 0 Å². The molecule has 0 saturated carbocycles. The minimum atomic E-state index is -0.0254. The summed E-state index contributed by atoms with van der Waals surface area (Å²) in [6, 6.07) is 11.5. The first-order valence-electron chi connectivity index (χ1n) is 6.48. The topological polar surface area (TPSA) is 58.4 Å². The summed E-state index contributed by atoms with van der Waals surface area (Å²) < 4.78 is 0. The molecular weight excluding hydrogens is 270 g/mol. The molecule has 20 heavy (non-hydrogen) atoms. The van der Waals surface area contributed by atoms with E-state index in [9.17, 15) is 4.79 Å². The van der Waals surface area contributed by atoms with Gasteiger partial charge in [0.15, 0.2) is 0 Å². The van der Waals surface area contributed by atoms with Crippen molar-refractivity contribution in [1.29, 1.82) is 0 Å². The van der Waals surface area contributed by atoms with Gasteiger partial charge in [0.1, 0.15) is 0 Å². The van der Waals surface area contributed by atoms with Crippen molar-refractivity contribution in [2.75, 3.05) is 12.5 Å². The number of benzene rings is 1. The Balaban J connectivity index is 2.11. The second kappa shape index (κ2) is 6.54. The number of carbonyl (C=O) groups is 1. The summed E-state index contributed by atoms with van der Waals surface area (Å²) in [6.45, 7) is 2.05. The Morgan fingerprint density at radius 3 is 2.75 bits per heavy atom. The summed E-state index contributed by atoms with van der Waals surface area (Å²) in [7, 11) is 1.83. The lowest BCUT2D eigenvalue weighted by Crippen LogP contribution is -2.36. The highest BCUT2D eigenvalue weighted by Gasteiger charge is 2.20. The van der Waals surface area contributed by atoms with Crippen molar-refractivity contribution in [3.8, 4) is 0 Å². The third-order valence-corrected chi connectivity index (χ3v) is 4.27. The van der Waals surface area contributed by atoms with Crippen molar-refractivity contribution >= 4 is 22.9 Å². The van der Waals surface area contributed by atoms with Crippen LogP contribution in [0.5, 0.6) is 0 Å². The van der Waals surface area contributed by atoms with Crippen molar-refractivity contribution in [3.05, 3.63) is 52.2 Å². The molecule has 0 saturated heterocycles. The van der Waals surface area contributed by atoms with Gasteiger partial charge in [-0.3, -0.25) is 10.6 Å². The Kier molecular flexibility index (Phi) is 4.76. The predicted octanol–water partition coefficient (Wildman–Crippen LogP) is 2.74. The van der Waals surface area contributed by atoms with Crippen LogP contribution in [0.15, 0.2) is 41.8 Å². The number of thiophene rings is 1. The fourth-order valence-corrected chi connectivity index (χ4v) is 2.87. The number of nitrogen functional groups attached to an aromatic ring is 1. The van der Waals surface area contributed by atoms with E-state index in [0.29, 0.717) is 11.3 Å². The first kappa shape index (κ1) is 14.6. The normalized spacial score (nSPS) is 11.9. The maximum atomic E-state index is 12.5. The molecule has 0 radical (unpaired) electrons. The molecule has 5 heteroatoms. The molecule has 1 aromatic heterocycles. The minimum Gasteiger partial charge on any atom is -0.339 e. The number of hydrogen-bond donors (Lipinski definition) is 2. The van der Waals surface area contributed by atoms with Crippen LogP contribution in [0, 0.1) is 0 Å². The maximum absolute atomic E-state index is 12.5. The molecule has 1 heterocycles. The van der Waals surface area contributed by atoms with Gasteiger partial charge in [0.2, 0.25) is 0 Å². The highest BCUT2D eigenvalue weighted by molar-refractivity contribution is 7.09. The van der Waals surface area contributed by atoms with Gasteiger partial charge in [0.25, 0.3) is 5.91 Å². The summed E-state index contributed by atoms with van der Waals surface area (Å²) in [4.78, 5) is 15.6. The van der Waals surface area contributed by atoms with Gasteiger partial charge < -0.3 is 10.3 Å². The number of amides is 1. The van der Waals surface area contributed by atoms with E-state index in [1.807, 2.05) is 25.2 Å². The zero-order valence-corrected chi connectivity index (χ0v) is 12.5. The van der Waals surface area contributed by atoms with Crippen LogP contribution in [0.2, 0.25) is 0 Å². The van der Waals surface area contributed by atoms with Crippen LogP contribution in [0.25, 0.3) is 0 Å². The van der Waals surface area contributed by atoms with Crippen LogP contribution in [0.4, 0.5) is 5.69 Å². The highest BCUT2D eigenvalue weighted by atomic mass is 32.1. The zero-order valence-electron chi connectivity index (χ0n) is 11.7. The lowest BCUT2D eigenvalue weighted by Gasteiger charge is -2.25. The molecule has 0 bridgehead atoms. The number of carbonyl (C=O) groups excluding carboxylic acids is 1. The molecular formula is C15H19N3OS. The Morgan fingerprint density at radius 1 is 1.35 bits per heavy atom. The summed E-state index contributed by atoms with van der Waals surface area (Å²) in [5, 5.41) is 2.05. The molecule has 0 fully saturated rings. The van der Waals surface area contributed by atoms with Crippen LogP contribution in [-0.4, -0.2) is 23.9 Å². The average molecular weight is 289 g/mol. The van der Waals surface area contributed by atoms with Gasteiger partial charge in [-0.15, -0.1) is 11.3 Å². The molecule has 3 N–H and O–H groups in total. The van der Waals surface area contributed by atoms with Crippen LogP contribution in [0.3, 0.4) is 0 Å². The number of rotatable bonds is 5. The van der Waals surface area contributed by atoms with Gasteiger partial charge in [0, 0.05) is 24.4 Å². The average Bonchev–Trinajstić information content (AvgIpc) is 2.98. The van der Waals surface area contributed by atoms with Gasteiger partial charge >= 0.3 is 0 Å². The van der Waals surface area contributed by atoms with Crippen molar-refractivity contribution in [2.45, 2.75) is 19.4 Å². The second-order valence-electron chi connectivity index (χ2n) is 4.74. The van der Waals surface area contributed by atoms with Gasteiger partial charge in [0.05, 0.1) is 11.3 Å². The fraction of sp³-hybridized carbons (Fsp3) is 0.267. The number of hydrazine groups is 1. The third kappa shape index (κ3) is 3.18. The summed E-state index contributed by atoms with van der Waals surface area (Å²) in [5.74, 6) is 5.43. The molecule has 0 spiro atoms. The number of para-hydroxylation sites is 1. The first-order valence-corrected chi connectivity index (χ1v) is 7.36. The van der Waals surface area contributed by atoms with Gasteiger partial charge in [-0.1, -0.05) is 18.2 Å². The maximum Gasteiger partial charge on any atom is 0.255 e. The van der Waals surface area contributed by atoms with Crippen LogP contribution < -0.4 is 11.3 Å². The molecule has 0 aliphatic carbocycles. The minimum absolute atomic E-state index is 0.0254. The number of anilines is 1. The Hall–Kier alpha value is -1.85. The predicted molar refractivity (Wildman–Crippen MR) is 83.8 cm³/mol. The van der Waals surface area contributed by atoms with E-state index in [-0.39, 0.29) is 11.9 Å². The van der Waals surface area contributed by atoms with Crippen molar-refractivity contribution in [2.24, 2.45) is 5.84 Å². The summed E-state index contributed by atoms with van der Waals surface area (Å²) >= 11 is 1.71.